The van der Waals surface area contributed by atoms with Gasteiger partial charge in [-0.3, -0.25) is 0 Å². The summed E-state index contributed by atoms with van der Waals surface area (Å²) in [6.45, 7) is 6.82. The number of likely N-dealkylation sites (N-methyl/N-ethyl adjacent to an activating group) is 1. The molecule has 0 spiro atoms. The van der Waals surface area contributed by atoms with Crippen LogP contribution >= 0.6 is 0 Å². The summed E-state index contributed by atoms with van der Waals surface area (Å²) in [6.07, 6.45) is 0. The summed E-state index contributed by atoms with van der Waals surface area (Å²) in [7, 11) is 0. The van der Waals surface area contributed by atoms with E-state index in [0.29, 0.717) is 5.89 Å². The number of nitrogens with zero attached hydrogens (tertiary/aromatic N) is 2. The number of aromatic nitrogens is 2. The van der Waals surface area contributed by atoms with Gasteiger partial charge >= 0.3 is 0 Å². The molecule has 0 aliphatic carbocycles. The van der Waals surface area contributed by atoms with Crippen LogP contribution in [0.5, 0.6) is 0 Å². The maximum atomic E-state index is 13.2. The first-order chi connectivity index (χ1) is 9.51. The molecule has 0 radical (unpaired) electrons. The second kappa shape index (κ2) is 6.09. The van der Waals surface area contributed by atoms with Gasteiger partial charge in [0.2, 0.25) is 11.7 Å². The SMILES string of the molecule is CCNC(C)C(C)c1nc(-c2cc(F)cc(F)c2)no1. The van der Waals surface area contributed by atoms with Crippen molar-refractivity contribution in [3.63, 3.8) is 0 Å². The van der Waals surface area contributed by atoms with E-state index in [0.717, 1.165) is 12.6 Å². The molecule has 2 unspecified atom stereocenters. The molecule has 0 saturated heterocycles. The molecule has 0 aliphatic heterocycles. The number of benzene rings is 1. The average Bonchev–Trinajstić information content (AvgIpc) is 2.86. The quantitative estimate of drug-likeness (QED) is 0.915. The standard InChI is InChI=1S/C14H17F2N3O/c1-4-17-9(3)8(2)14-18-13(19-20-14)10-5-11(15)7-12(16)6-10/h5-9,17H,4H2,1-3H3. The fraction of sp³-hybridized carbons (Fsp3) is 0.429. The van der Waals surface area contributed by atoms with Crippen LogP contribution in [0.4, 0.5) is 8.78 Å². The van der Waals surface area contributed by atoms with Crippen LogP contribution in [0.15, 0.2) is 22.7 Å². The van der Waals surface area contributed by atoms with Gasteiger partial charge in [0, 0.05) is 17.7 Å². The van der Waals surface area contributed by atoms with Gasteiger partial charge in [-0.1, -0.05) is 19.0 Å². The van der Waals surface area contributed by atoms with Gasteiger partial charge in [-0.05, 0) is 25.6 Å². The van der Waals surface area contributed by atoms with E-state index in [9.17, 15) is 8.78 Å². The topological polar surface area (TPSA) is 51.0 Å². The Hall–Kier alpha value is -1.82. The molecule has 1 N–H and O–H groups in total. The van der Waals surface area contributed by atoms with Gasteiger partial charge in [0.1, 0.15) is 11.6 Å². The van der Waals surface area contributed by atoms with Crippen molar-refractivity contribution < 1.29 is 13.3 Å². The fourth-order valence-corrected chi connectivity index (χ4v) is 1.93. The summed E-state index contributed by atoms with van der Waals surface area (Å²) in [5.41, 5.74) is 0.265. The highest BCUT2D eigenvalue weighted by Gasteiger charge is 2.20. The van der Waals surface area contributed by atoms with Crippen molar-refractivity contribution in [3.05, 3.63) is 35.7 Å². The van der Waals surface area contributed by atoms with Crippen molar-refractivity contribution in [1.29, 1.82) is 0 Å². The lowest BCUT2D eigenvalue weighted by molar-refractivity contribution is 0.332. The Kier molecular flexibility index (Phi) is 4.44. The molecule has 2 rings (SSSR count). The van der Waals surface area contributed by atoms with Crippen LogP contribution in [-0.4, -0.2) is 22.7 Å². The van der Waals surface area contributed by atoms with E-state index in [-0.39, 0.29) is 23.3 Å². The molecule has 0 fully saturated rings. The van der Waals surface area contributed by atoms with Gasteiger partial charge in [-0.15, -0.1) is 0 Å². The van der Waals surface area contributed by atoms with Crippen molar-refractivity contribution in [2.24, 2.45) is 0 Å². The first-order valence-electron chi connectivity index (χ1n) is 6.54. The van der Waals surface area contributed by atoms with Crippen LogP contribution in [0.1, 0.15) is 32.6 Å². The molecule has 2 aromatic rings. The molecule has 1 aromatic carbocycles. The normalized spacial score (nSPS) is 14.2. The third-order valence-corrected chi connectivity index (χ3v) is 3.23. The van der Waals surface area contributed by atoms with Crippen LogP contribution < -0.4 is 5.32 Å². The molecule has 0 bridgehead atoms. The minimum atomic E-state index is -0.666. The zero-order valence-electron chi connectivity index (χ0n) is 11.7. The maximum Gasteiger partial charge on any atom is 0.231 e. The summed E-state index contributed by atoms with van der Waals surface area (Å²) in [6, 6.07) is 3.32. The van der Waals surface area contributed by atoms with Crippen molar-refractivity contribution in [2.75, 3.05) is 6.54 Å². The highest BCUT2D eigenvalue weighted by Crippen LogP contribution is 2.23. The van der Waals surface area contributed by atoms with E-state index in [2.05, 4.69) is 15.5 Å². The van der Waals surface area contributed by atoms with Gasteiger partial charge < -0.3 is 9.84 Å². The molecule has 0 saturated carbocycles. The number of rotatable bonds is 5. The van der Waals surface area contributed by atoms with Crippen LogP contribution in [-0.2, 0) is 0 Å². The van der Waals surface area contributed by atoms with Gasteiger partial charge in [0.25, 0.3) is 0 Å². The predicted octanol–water partition coefficient (Wildman–Crippen LogP) is 3.12. The molecule has 2 atom stereocenters. The van der Waals surface area contributed by atoms with E-state index in [1.54, 1.807) is 0 Å². The first-order valence-corrected chi connectivity index (χ1v) is 6.54. The molecule has 1 heterocycles. The van der Waals surface area contributed by atoms with E-state index in [1.807, 2.05) is 20.8 Å². The minimum absolute atomic E-state index is 0.00889. The van der Waals surface area contributed by atoms with Crippen molar-refractivity contribution >= 4 is 0 Å². The Bertz CT molecular complexity index is 565. The van der Waals surface area contributed by atoms with E-state index >= 15 is 0 Å². The highest BCUT2D eigenvalue weighted by atomic mass is 19.1. The van der Waals surface area contributed by atoms with Gasteiger partial charge in [-0.2, -0.15) is 4.98 Å². The highest BCUT2D eigenvalue weighted by molar-refractivity contribution is 5.54. The van der Waals surface area contributed by atoms with Gasteiger partial charge in [0.15, 0.2) is 0 Å². The second-order valence-corrected chi connectivity index (χ2v) is 4.75. The summed E-state index contributed by atoms with van der Waals surface area (Å²) in [4.78, 5) is 4.21. The van der Waals surface area contributed by atoms with Crippen molar-refractivity contribution in [2.45, 2.75) is 32.7 Å². The molecule has 0 aliphatic rings. The summed E-state index contributed by atoms with van der Waals surface area (Å²) < 4.78 is 31.5. The number of nitrogens with one attached hydrogen (secondary N) is 1. The number of halogens is 2. The second-order valence-electron chi connectivity index (χ2n) is 4.75. The number of hydrogen-bond acceptors (Lipinski definition) is 4. The lowest BCUT2D eigenvalue weighted by Crippen LogP contribution is -2.30. The smallest absolute Gasteiger partial charge is 0.231 e. The minimum Gasteiger partial charge on any atom is -0.339 e. The molecule has 108 valence electrons. The first kappa shape index (κ1) is 14.6. The Morgan fingerprint density at radius 2 is 1.85 bits per heavy atom. The Balaban J connectivity index is 2.24. The zero-order valence-corrected chi connectivity index (χ0v) is 11.7. The predicted molar refractivity (Wildman–Crippen MR) is 71.2 cm³/mol. The lowest BCUT2D eigenvalue weighted by Gasteiger charge is -2.16. The van der Waals surface area contributed by atoms with E-state index < -0.39 is 11.6 Å². The summed E-state index contributed by atoms with van der Waals surface area (Å²) >= 11 is 0. The lowest BCUT2D eigenvalue weighted by atomic mass is 10.0. The van der Waals surface area contributed by atoms with E-state index in [1.165, 1.54) is 12.1 Å². The molecule has 1 aromatic heterocycles. The third kappa shape index (κ3) is 3.19. The van der Waals surface area contributed by atoms with Crippen LogP contribution in [0.25, 0.3) is 11.4 Å². The van der Waals surface area contributed by atoms with Crippen LogP contribution in [0, 0.1) is 11.6 Å². The van der Waals surface area contributed by atoms with Crippen LogP contribution in [0.2, 0.25) is 0 Å². The molecular weight excluding hydrogens is 264 g/mol. The van der Waals surface area contributed by atoms with Crippen molar-refractivity contribution in [3.8, 4) is 11.4 Å². The zero-order chi connectivity index (χ0) is 14.7. The Morgan fingerprint density at radius 3 is 2.45 bits per heavy atom. The third-order valence-electron chi connectivity index (χ3n) is 3.23. The van der Waals surface area contributed by atoms with Gasteiger partial charge in [-0.25, -0.2) is 8.78 Å². The van der Waals surface area contributed by atoms with E-state index in [4.69, 9.17) is 4.52 Å². The average molecular weight is 281 g/mol. The largest absolute Gasteiger partial charge is 0.339 e. The Morgan fingerprint density at radius 1 is 1.20 bits per heavy atom. The molecule has 4 nitrogen and oxygen atoms in total. The van der Waals surface area contributed by atoms with Gasteiger partial charge in [0.05, 0.1) is 5.92 Å². The Labute approximate surface area is 116 Å². The van der Waals surface area contributed by atoms with Crippen molar-refractivity contribution in [1.82, 2.24) is 15.5 Å². The maximum absolute atomic E-state index is 13.2. The summed E-state index contributed by atoms with van der Waals surface area (Å²) in [5, 5.41) is 7.05. The molecular formula is C14H17F2N3O. The summed E-state index contributed by atoms with van der Waals surface area (Å²) in [5.74, 6) is -0.692. The molecule has 20 heavy (non-hydrogen) atoms. The monoisotopic (exact) mass is 281 g/mol. The fourth-order valence-electron chi connectivity index (χ4n) is 1.93. The van der Waals surface area contributed by atoms with Crippen LogP contribution in [0.3, 0.4) is 0 Å². The molecule has 0 amide bonds. The molecule has 6 heteroatoms. The number of hydrogen-bond donors (Lipinski definition) is 1.